The number of anilines is 1. The van der Waals surface area contributed by atoms with Crippen LogP contribution in [0.3, 0.4) is 0 Å². The average Bonchev–Trinajstić information content (AvgIpc) is 3.12. The van der Waals surface area contributed by atoms with Crippen LogP contribution in [0.5, 0.6) is 17.2 Å². The minimum Gasteiger partial charge on any atom is -0.457 e. The number of carbonyl (C=O) groups excluding carboxylic acids is 2. The highest BCUT2D eigenvalue weighted by molar-refractivity contribution is 8.18. The summed E-state index contributed by atoms with van der Waals surface area (Å²) >= 11 is 0.811. The van der Waals surface area contributed by atoms with Crippen LogP contribution in [-0.2, 0) is 14.8 Å². The first-order valence-corrected chi connectivity index (χ1v) is 12.3. The van der Waals surface area contributed by atoms with Crippen molar-refractivity contribution in [3.05, 3.63) is 83.3 Å². The van der Waals surface area contributed by atoms with E-state index >= 15 is 0 Å². The normalized spacial score (nSPS) is 15.0. The Labute approximate surface area is 207 Å². The van der Waals surface area contributed by atoms with Gasteiger partial charge >= 0.3 is 6.36 Å². The predicted molar refractivity (Wildman–Crippen MR) is 126 cm³/mol. The monoisotopic (exact) mass is 536 g/mol. The molecule has 1 aliphatic rings. The average molecular weight is 537 g/mol. The van der Waals surface area contributed by atoms with Gasteiger partial charge in [-0.15, -0.1) is 13.2 Å². The molecule has 0 atom stereocenters. The lowest BCUT2D eigenvalue weighted by Crippen LogP contribution is -2.17. The minimum absolute atomic E-state index is 0.0535. The lowest BCUT2D eigenvalue weighted by Gasteiger charge is -2.11. The van der Waals surface area contributed by atoms with E-state index in [1.54, 1.807) is 30.3 Å². The number of thioether (sulfide) groups is 1. The maximum Gasteiger partial charge on any atom is 0.573 e. The molecule has 0 saturated carbocycles. The van der Waals surface area contributed by atoms with Crippen molar-refractivity contribution in [1.29, 1.82) is 0 Å². The zero-order valence-corrected chi connectivity index (χ0v) is 19.5. The number of ether oxygens (including phenoxy) is 2. The Morgan fingerprint density at radius 2 is 1.39 bits per heavy atom. The van der Waals surface area contributed by atoms with Gasteiger partial charge in [-0.3, -0.25) is 19.6 Å². The molecule has 0 aliphatic carbocycles. The number of hydrogen-bond donors (Lipinski definition) is 2. The van der Waals surface area contributed by atoms with E-state index < -0.39 is 33.3 Å². The molecular formula is C23H15F3N2O6S2. The van der Waals surface area contributed by atoms with Crippen LogP contribution in [0.25, 0.3) is 6.08 Å². The van der Waals surface area contributed by atoms with Gasteiger partial charge in [0.15, 0.2) is 0 Å². The molecule has 0 spiro atoms. The minimum atomic E-state index is -4.85. The second-order valence-corrected chi connectivity index (χ2v) is 9.87. The summed E-state index contributed by atoms with van der Waals surface area (Å²) in [5.74, 6) is -0.131. The molecule has 0 unspecified atom stereocenters. The highest BCUT2D eigenvalue weighted by atomic mass is 32.2. The summed E-state index contributed by atoms with van der Waals surface area (Å²) < 4.78 is 73.7. The number of imide groups is 1. The van der Waals surface area contributed by atoms with Gasteiger partial charge in [-0.25, -0.2) is 8.42 Å². The third-order valence-corrected chi connectivity index (χ3v) is 6.74. The Hall–Kier alpha value is -3.97. The van der Waals surface area contributed by atoms with E-state index in [9.17, 15) is 31.2 Å². The van der Waals surface area contributed by atoms with Crippen LogP contribution in [-0.4, -0.2) is 25.9 Å². The van der Waals surface area contributed by atoms with Crippen molar-refractivity contribution >= 4 is 44.7 Å². The second-order valence-electron chi connectivity index (χ2n) is 7.17. The molecule has 8 nitrogen and oxygen atoms in total. The van der Waals surface area contributed by atoms with Crippen LogP contribution in [0, 0.1) is 0 Å². The summed E-state index contributed by atoms with van der Waals surface area (Å²) in [6.07, 6.45) is -3.28. The number of benzene rings is 3. The first kappa shape index (κ1) is 25.1. The van der Waals surface area contributed by atoms with Gasteiger partial charge in [0.2, 0.25) is 0 Å². The van der Waals surface area contributed by atoms with Crippen LogP contribution in [0.2, 0.25) is 0 Å². The van der Waals surface area contributed by atoms with Crippen LogP contribution in [0.15, 0.2) is 82.6 Å². The SMILES string of the molecule is O=C1NC(=O)/C(=C\c2ccc(Oc3ccc(S(=O)(=O)Nc4ccc(OC(F)(F)F)cc4)cc3)cc2)S1. The van der Waals surface area contributed by atoms with Gasteiger partial charge in [-0.1, -0.05) is 12.1 Å². The molecule has 4 rings (SSSR count). The van der Waals surface area contributed by atoms with Crippen molar-refractivity contribution in [2.24, 2.45) is 0 Å². The number of halogens is 3. The number of hydrogen-bond acceptors (Lipinski definition) is 7. The summed E-state index contributed by atoms with van der Waals surface area (Å²) in [6.45, 7) is 0. The summed E-state index contributed by atoms with van der Waals surface area (Å²) in [4.78, 5) is 23.0. The third-order valence-electron chi connectivity index (χ3n) is 4.53. The summed E-state index contributed by atoms with van der Waals surface area (Å²) in [5, 5.41) is 1.74. The van der Waals surface area contributed by atoms with Crippen molar-refractivity contribution in [2.75, 3.05) is 4.72 Å². The van der Waals surface area contributed by atoms with E-state index in [0.29, 0.717) is 17.1 Å². The van der Waals surface area contributed by atoms with E-state index in [2.05, 4.69) is 14.8 Å². The number of carbonyl (C=O) groups is 2. The zero-order chi connectivity index (χ0) is 25.9. The molecule has 13 heteroatoms. The molecule has 0 bridgehead atoms. The molecule has 36 heavy (non-hydrogen) atoms. The molecule has 3 aromatic rings. The molecule has 2 amide bonds. The molecule has 186 valence electrons. The Kier molecular flexibility index (Phi) is 6.95. The Morgan fingerprint density at radius 3 is 1.92 bits per heavy atom. The van der Waals surface area contributed by atoms with E-state index in [1.807, 2.05) is 0 Å². The van der Waals surface area contributed by atoms with Crippen LogP contribution in [0.1, 0.15) is 5.56 Å². The molecule has 1 saturated heterocycles. The largest absolute Gasteiger partial charge is 0.573 e. The summed E-state index contributed by atoms with van der Waals surface area (Å²) in [6, 6.07) is 16.4. The molecule has 0 aromatic heterocycles. The molecular weight excluding hydrogens is 521 g/mol. The van der Waals surface area contributed by atoms with Gasteiger partial charge in [-0.05, 0) is 84.1 Å². The van der Waals surface area contributed by atoms with Gasteiger partial charge in [0.25, 0.3) is 21.2 Å². The van der Waals surface area contributed by atoms with E-state index in [0.717, 1.165) is 36.0 Å². The van der Waals surface area contributed by atoms with Crippen molar-refractivity contribution in [3.63, 3.8) is 0 Å². The van der Waals surface area contributed by atoms with Gasteiger partial charge in [-0.2, -0.15) is 0 Å². The maximum atomic E-state index is 12.6. The van der Waals surface area contributed by atoms with Crippen molar-refractivity contribution in [1.82, 2.24) is 5.32 Å². The predicted octanol–water partition coefficient (Wildman–Crippen LogP) is 5.50. The Morgan fingerprint density at radius 1 is 0.833 bits per heavy atom. The standard InChI is InChI=1S/C23H15F3N2O6S2/c24-23(25,26)34-18-7-3-15(4-8-18)28-36(31,32)19-11-9-17(10-12-19)33-16-5-1-14(2-6-16)13-20-21(29)27-22(30)35-20/h1-13,28H,(H,27,29,30)/b20-13+. The molecule has 0 radical (unpaired) electrons. The number of alkyl halides is 3. The zero-order valence-electron chi connectivity index (χ0n) is 17.9. The fourth-order valence-electron chi connectivity index (χ4n) is 2.97. The molecule has 1 fully saturated rings. The fraction of sp³-hybridized carbons (Fsp3) is 0.0435. The van der Waals surface area contributed by atoms with Gasteiger partial charge in [0.05, 0.1) is 9.80 Å². The van der Waals surface area contributed by atoms with Crippen molar-refractivity contribution in [2.45, 2.75) is 11.3 Å². The molecule has 1 aliphatic heterocycles. The van der Waals surface area contributed by atoms with Gasteiger partial charge in [0.1, 0.15) is 17.2 Å². The Bertz CT molecular complexity index is 1420. The quantitative estimate of drug-likeness (QED) is 0.384. The van der Waals surface area contributed by atoms with Gasteiger partial charge in [0, 0.05) is 5.69 Å². The smallest absolute Gasteiger partial charge is 0.457 e. The molecule has 1 heterocycles. The Balaban J connectivity index is 1.38. The van der Waals surface area contributed by atoms with Crippen LogP contribution >= 0.6 is 11.8 Å². The van der Waals surface area contributed by atoms with E-state index in [1.165, 1.54) is 24.3 Å². The number of amides is 2. The van der Waals surface area contributed by atoms with E-state index in [-0.39, 0.29) is 15.5 Å². The van der Waals surface area contributed by atoms with Crippen molar-refractivity contribution in [3.8, 4) is 17.2 Å². The number of nitrogens with one attached hydrogen (secondary N) is 2. The lowest BCUT2D eigenvalue weighted by atomic mass is 10.2. The third kappa shape index (κ3) is 6.58. The summed E-state index contributed by atoms with van der Waals surface area (Å²) in [5.41, 5.74) is 0.734. The van der Waals surface area contributed by atoms with Crippen molar-refractivity contribution < 1.29 is 40.7 Å². The second kappa shape index (κ2) is 9.95. The maximum absolute atomic E-state index is 12.6. The highest BCUT2D eigenvalue weighted by Crippen LogP contribution is 2.28. The van der Waals surface area contributed by atoms with E-state index in [4.69, 9.17) is 4.74 Å². The number of rotatable bonds is 7. The fourth-order valence-corrected chi connectivity index (χ4v) is 4.71. The first-order valence-electron chi connectivity index (χ1n) is 9.98. The first-order chi connectivity index (χ1) is 17.0. The molecule has 2 N–H and O–H groups in total. The van der Waals surface area contributed by atoms with Crippen LogP contribution < -0.4 is 19.5 Å². The topological polar surface area (TPSA) is 111 Å². The number of sulfonamides is 1. The summed E-state index contributed by atoms with van der Waals surface area (Å²) in [7, 11) is -4.01. The lowest BCUT2D eigenvalue weighted by molar-refractivity contribution is -0.274. The van der Waals surface area contributed by atoms with Gasteiger partial charge < -0.3 is 9.47 Å². The highest BCUT2D eigenvalue weighted by Gasteiger charge is 2.31. The van der Waals surface area contributed by atoms with Crippen LogP contribution in [0.4, 0.5) is 23.7 Å². The molecule has 3 aromatic carbocycles.